The van der Waals surface area contributed by atoms with Crippen molar-refractivity contribution in [3.8, 4) is 11.5 Å². The van der Waals surface area contributed by atoms with Gasteiger partial charge in [0.15, 0.2) is 0 Å². The standard InChI is InChI=1S/C17H19N3O5/c1-11-8-12(24-2)4-6-14(11)18-10-17(21)19-15-7-5-13(25-3)9-16(15)20(22)23/h4-9,18H,10H2,1-3H3,(H,19,21). The van der Waals surface area contributed by atoms with Gasteiger partial charge in [-0.05, 0) is 42.8 Å². The molecule has 0 saturated carbocycles. The van der Waals surface area contributed by atoms with E-state index in [0.29, 0.717) is 5.75 Å². The Morgan fingerprint density at radius 1 is 1.08 bits per heavy atom. The third kappa shape index (κ3) is 4.60. The molecular weight excluding hydrogens is 326 g/mol. The zero-order valence-electron chi connectivity index (χ0n) is 14.2. The number of hydrogen-bond acceptors (Lipinski definition) is 6. The number of nitrogens with one attached hydrogen (secondary N) is 2. The number of nitro groups is 1. The molecule has 0 radical (unpaired) electrons. The van der Waals surface area contributed by atoms with Crippen molar-refractivity contribution in [2.24, 2.45) is 0 Å². The smallest absolute Gasteiger partial charge is 0.296 e. The molecule has 0 atom stereocenters. The number of anilines is 2. The second-order valence-corrected chi connectivity index (χ2v) is 5.22. The highest BCUT2D eigenvalue weighted by Crippen LogP contribution is 2.29. The van der Waals surface area contributed by atoms with E-state index in [1.54, 1.807) is 25.3 Å². The Labute approximate surface area is 144 Å². The van der Waals surface area contributed by atoms with Crippen molar-refractivity contribution in [2.75, 3.05) is 31.4 Å². The third-order valence-corrected chi connectivity index (χ3v) is 3.55. The van der Waals surface area contributed by atoms with E-state index in [0.717, 1.165) is 17.0 Å². The molecule has 8 heteroatoms. The molecule has 0 fully saturated rings. The molecule has 2 N–H and O–H groups in total. The monoisotopic (exact) mass is 345 g/mol. The molecule has 1 amide bonds. The van der Waals surface area contributed by atoms with Gasteiger partial charge in [-0.25, -0.2) is 0 Å². The maximum atomic E-state index is 12.1. The van der Waals surface area contributed by atoms with E-state index in [1.807, 2.05) is 13.0 Å². The van der Waals surface area contributed by atoms with Crippen LogP contribution in [0, 0.1) is 17.0 Å². The van der Waals surface area contributed by atoms with Crippen LogP contribution in [-0.2, 0) is 4.79 Å². The van der Waals surface area contributed by atoms with Crippen LogP contribution in [-0.4, -0.2) is 31.6 Å². The van der Waals surface area contributed by atoms with Crippen LogP contribution in [0.5, 0.6) is 11.5 Å². The fourth-order valence-corrected chi connectivity index (χ4v) is 2.23. The Kier molecular flexibility index (Phi) is 5.78. The first-order valence-corrected chi connectivity index (χ1v) is 7.45. The summed E-state index contributed by atoms with van der Waals surface area (Å²) in [5, 5.41) is 16.7. The topological polar surface area (TPSA) is 103 Å². The minimum atomic E-state index is -0.570. The molecule has 25 heavy (non-hydrogen) atoms. The third-order valence-electron chi connectivity index (χ3n) is 3.55. The second-order valence-electron chi connectivity index (χ2n) is 5.22. The fraction of sp³-hybridized carbons (Fsp3) is 0.235. The van der Waals surface area contributed by atoms with Gasteiger partial charge in [0.25, 0.3) is 5.69 Å². The number of ether oxygens (including phenoxy) is 2. The summed E-state index contributed by atoms with van der Waals surface area (Å²) in [5.74, 6) is 0.668. The average Bonchev–Trinajstić information content (AvgIpc) is 2.60. The average molecular weight is 345 g/mol. The molecule has 0 aliphatic rings. The summed E-state index contributed by atoms with van der Waals surface area (Å²) in [4.78, 5) is 22.7. The summed E-state index contributed by atoms with van der Waals surface area (Å²) in [6, 6.07) is 9.67. The van der Waals surface area contributed by atoms with Crippen LogP contribution < -0.4 is 20.1 Å². The number of benzene rings is 2. The van der Waals surface area contributed by atoms with Gasteiger partial charge < -0.3 is 20.1 Å². The Morgan fingerprint density at radius 3 is 2.24 bits per heavy atom. The largest absolute Gasteiger partial charge is 0.497 e. The summed E-state index contributed by atoms with van der Waals surface area (Å²) in [6.45, 7) is 1.85. The van der Waals surface area contributed by atoms with Crippen molar-refractivity contribution < 1.29 is 19.2 Å². The molecule has 0 bridgehead atoms. The number of nitrogens with zero attached hydrogens (tertiary/aromatic N) is 1. The predicted molar refractivity (Wildman–Crippen MR) is 94.5 cm³/mol. The van der Waals surface area contributed by atoms with E-state index in [9.17, 15) is 14.9 Å². The van der Waals surface area contributed by atoms with Gasteiger partial charge in [-0.1, -0.05) is 0 Å². The van der Waals surface area contributed by atoms with Crippen molar-refractivity contribution >= 4 is 23.0 Å². The quantitative estimate of drug-likeness (QED) is 0.591. The maximum absolute atomic E-state index is 12.1. The molecule has 0 aliphatic heterocycles. The SMILES string of the molecule is COc1ccc(NCC(=O)Nc2ccc(OC)cc2[N+](=O)[O-])c(C)c1. The van der Waals surface area contributed by atoms with Crippen molar-refractivity contribution in [3.05, 3.63) is 52.1 Å². The highest BCUT2D eigenvalue weighted by Gasteiger charge is 2.17. The molecule has 0 aliphatic carbocycles. The van der Waals surface area contributed by atoms with Gasteiger partial charge in [0.05, 0.1) is 31.8 Å². The Morgan fingerprint density at radius 2 is 1.68 bits per heavy atom. The number of nitro benzene ring substituents is 1. The van der Waals surface area contributed by atoms with Gasteiger partial charge in [-0.15, -0.1) is 0 Å². The minimum Gasteiger partial charge on any atom is -0.497 e. The lowest BCUT2D eigenvalue weighted by molar-refractivity contribution is -0.384. The van der Waals surface area contributed by atoms with Crippen LogP contribution in [0.3, 0.4) is 0 Å². The summed E-state index contributed by atoms with van der Waals surface area (Å²) in [6.07, 6.45) is 0. The molecular formula is C17H19N3O5. The van der Waals surface area contributed by atoms with Gasteiger partial charge >= 0.3 is 0 Å². The molecule has 0 saturated heterocycles. The van der Waals surface area contributed by atoms with Crippen LogP contribution in [0.15, 0.2) is 36.4 Å². The van der Waals surface area contributed by atoms with E-state index >= 15 is 0 Å². The number of rotatable bonds is 7. The number of amides is 1. The molecule has 132 valence electrons. The van der Waals surface area contributed by atoms with Crippen LogP contribution in [0.1, 0.15) is 5.56 Å². The van der Waals surface area contributed by atoms with Crippen molar-refractivity contribution in [1.29, 1.82) is 0 Å². The van der Waals surface area contributed by atoms with E-state index in [-0.39, 0.29) is 17.9 Å². The summed E-state index contributed by atoms with van der Waals surface area (Å²) in [7, 11) is 3.00. The number of aryl methyl sites for hydroxylation is 1. The lowest BCUT2D eigenvalue weighted by atomic mass is 10.2. The van der Waals surface area contributed by atoms with E-state index in [1.165, 1.54) is 19.2 Å². The van der Waals surface area contributed by atoms with Crippen molar-refractivity contribution in [1.82, 2.24) is 0 Å². The highest BCUT2D eigenvalue weighted by molar-refractivity contribution is 5.96. The fourth-order valence-electron chi connectivity index (χ4n) is 2.23. The summed E-state index contributed by atoms with van der Waals surface area (Å²) < 4.78 is 10.1. The van der Waals surface area contributed by atoms with E-state index in [2.05, 4.69) is 10.6 Å². The van der Waals surface area contributed by atoms with E-state index < -0.39 is 10.8 Å². The highest BCUT2D eigenvalue weighted by atomic mass is 16.6. The summed E-state index contributed by atoms with van der Waals surface area (Å²) >= 11 is 0. The number of carbonyl (C=O) groups is 1. The normalized spacial score (nSPS) is 10.0. The Bertz CT molecular complexity index is 792. The molecule has 2 rings (SSSR count). The zero-order valence-corrected chi connectivity index (χ0v) is 14.2. The first-order chi connectivity index (χ1) is 11.9. The van der Waals surface area contributed by atoms with Gasteiger partial charge in [0, 0.05) is 5.69 Å². The van der Waals surface area contributed by atoms with E-state index in [4.69, 9.17) is 9.47 Å². The predicted octanol–water partition coefficient (Wildman–Crippen LogP) is 2.97. The molecule has 0 spiro atoms. The van der Waals surface area contributed by atoms with Crippen LogP contribution in [0.4, 0.5) is 17.1 Å². The second kappa shape index (κ2) is 8.00. The molecule has 0 heterocycles. The number of carbonyl (C=O) groups excluding carboxylic acids is 1. The number of hydrogen-bond donors (Lipinski definition) is 2. The molecule has 0 unspecified atom stereocenters. The Hall–Kier alpha value is -3.29. The molecule has 2 aromatic rings. The number of methoxy groups -OCH3 is 2. The summed E-state index contributed by atoms with van der Waals surface area (Å²) in [5.41, 5.74) is 1.58. The van der Waals surface area contributed by atoms with Gasteiger partial charge in [-0.2, -0.15) is 0 Å². The van der Waals surface area contributed by atoms with Crippen molar-refractivity contribution in [2.45, 2.75) is 6.92 Å². The molecule has 0 aromatic heterocycles. The maximum Gasteiger partial charge on any atom is 0.296 e. The van der Waals surface area contributed by atoms with Crippen LogP contribution >= 0.6 is 0 Å². The lowest BCUT2D eigenvalue weighted by Crippen LogP contribution is -2.22. The minimum absolute atomic E-state index is 0.0314. The molecule has 2 aromatic carbocycles. The van der Waals surface area contributed by atoms with Gasteiger partial charge in [0.2, 0.25) is 5.91 Å². The van der Waals surface area contributed by atoms with Gasteiger partial charge in [-0.3, -0.25) is 14.9 Å². The Balaban J connectivity index is 2.04. The van der Waals surface area contributed by atoms with Crippen LogP contribution in [0.25, 0.3) is 0 Å². The van der Waals surface area contributed by atoms with Crippen molar-refractivity contribution in [3.63, 3.8) is 0 Å². The zero-order chi connectivity index (χ0) is 18.4. The first-order valence-electron chi connectivity index (χ1n) is 7.45. The van der Waals surface area contributed by atoms with Crippen LogP contribution in [0.2, 0.25) is 0 Å². The van der Waals surface area contributed by atoms with Gasteiger partial charge in [0.1, 0.15) is 17.2 Å². The molecule has 8 nitrogen and oxygen atoms in total. The lowest BCUT2D eigenvalue weighted by Gasteiger charge is -2.11. The first kappa shape index (κ1) is 18.1.